The highest BCUT2D eigenvalue weighted by Crippen LogP contribution is 2.26. The molecule has 0 atom stereocenters. The molecule has 0 fully saturated rings. The van der Waals surface area contributed by atoms with Crippen LogP contribution in [0.1, 0.15) is 29.8 Å². The van der Waals surface area contributed by atoms with Crippen LogP contribution in [0, 0.1) is 6.92 Å². The number of hydrogen-bond acceptors (Lipinski definition) is 5. The summed E-state index contributed by atoms with van der Waals surface area (Å²) in [4.78, 5) is 31.2. The van der Waals surface area contributed by atoms with Crippen molar-refractivity contribution in [2.75, 3.05) is 0 Å². The predicted octanol–water partition coefficient (Wildman–Crippen LogP) is 3.47. The number of benzene rings is 1. The van der Waals surface area contributed by atoms with Gasteiger partial charge in [-0.1, -0.05) is 31.5 Å². The van der Waals surface area contributed by atoms with Crippen LogP contribution >= 0.6 is 11.3 Å². The molecule has 0 unspecified atom stereocenters. The van der Waals surface area contributed by atoms with E-state index >= 15 is 0 Å². The van der Waals surface area contributed by atoms with Gasteiger partial charge >= 0.3 is 5.97 Å². The molecular formula is C15H19NO4S. The maximum Gasteiger partial charge on any atom is 0.336 e. The number of aromatic carboxylic acids is 1. The molecule has 0 aliphatic heterocycles. The fraction of sp³-hybridized carbons (Fsp3) is 0.200. The van der Waals surface area contributed by atoms with Crippen LogP contribution in [0.4, 0.5) is 0 Å². The van der Waals surface area contributed by atoms with Crippen molar-refractivity contribution in [1.82, 2.24) is 4.98 Å². The first-order valence-electron chi connectivity index (χ1n) is 6.00. The van der Waals surface area contributed by atoms with Crippen LogP contribution in [-0.4, -0.2) is 29.6 Å². The predicted molar refractivity (Wildman–Crippen MR) is 84.8 cm³/mol. The zero-order chi connectivity index (χ0) is 16.8. The smallest absolute Gasteiger partial charge is 0.336 e. The highest BCUT2D eigenvalue weighted by atomic mass is 32.1. The Balaban J connectivity index is 0. The van der Waals surface area contributed by atoms with Gasteiger partial charge in [0.15, 0.2) is 0 Å². The molecule has 0 spiro atoms. The Morgan fingerprint density at radius 1 is 1.19 bits per heavy atom. The topological polar surface area (TPSA) is 84.3 Å². The number of carbonyl (C=O) groups excluding carboxylic acids is 2. The molecule has 1 heterocycles. The van der Waals surface area contributed by atoms with Crippen molar-refractivity contribution >= 4 is 30.9 Å². The van der Waals surface area contributed by atoms with E-state index in [9.17, 15) is 4.79 Å². The Morgan fingerprint density at radius 3 is 2.19 bits per heavy atom. The minimum Gasteiger partial charge on any atom is -0.478 e. The molecule has 5 nitrogen and oxygen atoms in total. The van der Waals surface area contributed by atoms with Gasteiger partial charge in [0.25, 0.3) is 0 Å². The molecular weight excluding hydrogens is 290 g/mol. The molecule has 2 aromatic rings. The van der Waals surface area contributed by atoms with E-state index in [4.69, 9.17) is 14.7 Å². The van der Waals surface area contributed by atoms with E-state index in [2.05, 4.69) is 4.98 Å². The minimum atomic E-state index is -0.913. The Hall–Kier alpha value is -2.34. The summed E-state index contributed by atoms with van der Waals surface area (Å²) in [5, 5.41) is 11.6. The average molecular weight is 309 g/mol. The summed E-state index contributed by atoms with van der Waals surface area (Å²) in [6.45, 7) is 9.87. The lowest BCUT2D eigenvalue weighted by Gasteiger charge is -2.03. The summed E-state index contributed by atoms with van der Waals surface area (Å²) in [6, 6.07) is 5.36. The number of rotatable bonds is 2. The number of hydrogen-bond donors (Lipinski definition) is 1. The van der Waals surface area contributed by atoms with Crippen LogP contribution in [0.3, 0.4) is 0 Å². The summed E-state index contributed by atoms with van der Waals surface area (Å²) >= 11 is 1.44. The third kappa shape index (κ3) is 6.58. The number of carbonyl (C=O) groups is 3. The largest absolute Gasteiger partial charge is 0.478 e. The molecule has 0 radical (unpaired) electrons. The maximum atomic E-state index is 11.0. The second-order valence-corrected chi connectivity index (χ2v) is 4.09. The van der Waals surface area contributed by atoms with Gasteiger partial charge in [-0.2, -0.15) is 0 Å². The van der Waals surface area contributed by atoms with Gasteiger partial charge < -0.3 is 14.7 Å². The first-order chi connectivity index (χ1) is 10.2. The second-order valence-electron chi connectivity index (χ2n) is 3.19. The summed E-state index contributed by atoms with van der Waals surface area (Å²) in [6.07, 6.45) is 1.67. The fourth-order valence-electron chi connectivity index (χ4n) is 1.38. The zero-order valence-electron chi connectivity index (χ0n) is 12.3. The number of nitrogens with zero attached hydrogens (tertiary/aromatic N) is 1. The molecule has 0 aliphatic rings. The van der Waals surface area contributed by atoms with Crippen LogP contribution in [0.5, 0.6) is 0 Å². The van der Waals surface area contributed by atoms with Crippen molar-refractivity contribution < 1.29 is 19.5 Å². The number of aromatic nitrogens is 1. The Morgan fingerprint density at radius 2 is 1.76 bits per heavy atom. The first kappa shape index (κ1) is 21.0. The summed E-state index contributed by atoms with van der Waals surface area (Å²) in [7, 11) is 0. The standard InChI is InChI=1S/C11H9NO2S.C2H6.2CH2O/c1-7-2-3-8(9(6-7)11(13)14)10-12-4-5-15-10;3*1-2/h2-6H,1H3,(H,13,14);1-2H3;2*1H2. The molecule has 0 amide bonds. The van der Waals surface area contributed by atoms with Gasteiger partial charge in [-0.25, -0.2) is 9.78 Å². The SMILES string of the molecule is C=O.C=O.CC.Cc1ccc(-c2nccs2)c(C(=O)O)c1. The van der Waals surface area contributed by atoms with E-state index in [-0.39, 0.29) is 0 Å². The van der Waals surface area contributed by atoms with Crippen molar-refractivity contribution in [3.05, 3.63) is 40.9 Å². The maximum absolute atomic E-state index is 11.0. The third-order valence-electron chi connectivity index (χ3n) is 2.07. The second kappa shape index (κ2) is 12.7. The van der Waals surface area contributed by atoms with Crippen LogP contribution in [0.2, 0.25) is 0 Å². The number of thiazole rings is 1. The van der Waals surface area contributed by atoms with Crippen LogP contribution in [-0.2, 0) is 9.59 Å². The van der Waals surface area contributed by atoms with Crippen LogP contribution in [0.25, 0.3) is 10.6 Å². The molecule has 0 bridgehead atoms. The van der Waals surface area contributed by atoms with E-state index in [0.29, 0.717) is 11.1 Å². The van der Waals surface area contributed by atoms with Gasteiger partial charge in [-0.15, -0.1) is 11.3 Å². The molecule has 1 aromatic carbocycles. The Kier molecular flexibility index (Phi) is 12.7. The van der Waals surface area contributed by atoms with Crippen molar-refractivity contribution in [1.29, 1.82) is 0 Å². The Bertz CT molecular complexity index is 524. The van der Waals surface area contributed by atoms with Crippen LogP contribution < -0.4 is 0 Å². The normalized spacial score (nSPS) is 7.95. The molecule has 21 heavy (non-hydrogen) atoms. The molecule has 0 saturated heterocycles. The highest BCUT2D eigenvalue weighted by Gasteiger charge is 2.13. The summed E-state index contributed by atoms with van der Waals surface area (Å²) in [5.74, 6) is -0.913. The Labute approximate surface area is 128 Å². The minimum absolute atomic E-state index is 0.310. The number of aryl methyl sites for hydroxylation is 1. The summed E-state index contributed by atoms with van der Waals surface area (Å²) < 4.78 is 0. The van der Waals surface area contributed by atoms with Crippen molar-refractivity contribution in [3.8, 4) is 10.6 Å². The van der Waals surface area contributed by atoms with E-state index in [1.807, 2.05) is 45.8 Å². The molecule has 6 heteroatoms. The lowest BCUT2D eigenvalue weighted by atomic mass is 10.1. The summed E-state index contributed by atoms with van der Waals surface area (Å²) in [5.41, 5.74) is 1.93. The van der Waals surface area contributed by atoms with Gasteiger partial charge in [0.2, 0.25) is 0 Å². The van der Waals surface area contributed by atoms with Crippen molar-refractivity contribution in [2.24, 2.45) is 0 Å². The quantitative estimate of drug-likeness (QED) is 0.918. The van der Waals surface area contributed by atoms with Gasteiger partial charge in [0, 0.05) is 17.1 Å². The van der Waals surface area contributed by atoms with E-state index < -0.39 is 5.97 Å². The highest BCUT2D eigenvalue weighted by molar-refractivity contribution is 7.13. The average Bonchev–Trinajstić information content (AvgIpc) is 3.07. The van der Waals surface area contributed by atoms with Gasteiger partial charge in [-0.3, -0.25) is 0 Å². The third-order valence-corrected chi connectivity index (χ3v) is 2.87. The number of carboxylic acid groups (broad SMARTS) is 1. The van der Waals surface area contributed by atoms with Crippen LogP contribution in [0.15, 0.2) is 29.8 Å². The van der Waals surface area contributed by atoms with Gasteiger partial charge in [0.05, 0.1) is 5.56 Å². The van der Waals surface area contributed by atoms with Gasteiger partial charge in [0.1, 0.15) is 18.6 Å². The fourth-order valence-corrected chi connectivity index (χ4v) is 2.06. The molecule has 0 saturated carbocycles. The van der Waals surface area contributed by atoms with E-state index in [1.54, 1.807) is 18.3 Å². The van der Waals surface area contributed by atoms with Crippen molar-refractivity contribution in [2.45, 2.75) is 20.8 Å². The molecule has 0 aliphatic carbocycles. The monoisotopic (exact) mass is 309 g/mol. The van der Waals surface area contributed by atoms with Gasteiger partial charge in [-0.05, 0) is 13.0 Å². The lowest BCUT2D eigenvalue weighted by Crippen LogP contribution is -1.99. The van der Waals surface area contributed by atoms with E-state index in [1.165, 1.54) is 11.3 Å². The van der Waals surface area contributed by atoms with E-state index in [0.717, 1.165) is 10.6 Å². The van der Waals surface area contributed by atoms with Crippen molar-refractivity contribution in [3.63, 3.8) is 0 Å². The lowest BCUT2D eigenvalue weighted by molar-refractivity contribution is -0.0987. The molecule has 1 aromatic heterocycles. The molecule has 2 rings (SSSR count). The first-order valence-corrected chi connectivity index (χ1v) is 6.88. The zero-order valence-corrected chi connectivity index (χ0v) is 13.1. The molecule has 1 N–H and O–H groups in total. The number of carboxylic acids is 1. The molecule has 114 valence electrons.